The summed E-state index contributed by atoms with van der Waals surface area (Å²) in [6.45, 7) is 1.49. The van der Waals surface area contributed by atoms with Crippen LogP contribution in [0.3, 0.4) is 0 Å². The van der Waals surface area contributed by atoms with Gasteiger partial charge in [0.05, 0.1) is 12.0 Å². The second-order valence-electron chi connectivity index (χ2n) is 3.97. The molecule has 7 heteroatoms. The minimum atomic E-state index is -0.559. The van der Waals surface area contributed by atoms with Gasteiger partial charge < -0.3 is 14.4 Å². The minimum Gasteiger partial charge on any atom is -0.504 e. The molecule has 2 rings (SSSR count). The van der Waals surface area contributed by atoms with Crippen molar-refractivity contribution in [3.8, 4) is 11.5 Å². The lowest BCUT2D eigenvalue weighted by molar-refractivity contribution is -0.386. The molecule has 0 saturated heterocycles. The molecule has 0 spiro atoms. The summed E-state index contributed by atoms with van der Waals surface area (Å²) in [5.74, 6) is 0.287. The van der Waals surface area contributed by atoms with Gasteiger partial charge in [-0.25, -0.2) is 0 Å². The molecule has 0 aliphatic carbocycles. The zero-order chi connectivity index (χ0) is 14.7. The van der Waals surface area contributed by atoms with Crippen LogP contribution < -0.4 is 4.74 Å². The zero-order valence-electron chi connectivity index (χ0n) is 10.9. The van der Waals surface area contributed by atoms with E-state index in [2.05, 4.69) is 5.16 Å². The number of aryl methyl sites for hydroxylation is 1. The van der Waals surface area contributed by atoms with Crippen LogP contribution >= 0.6 is 0 Å². The molecule has 0 aliphatic heterocycles. The van der Waals surface area contributed by atoms with Crippen LogP contribution in [0.4, 0.5) is 5.69 Å². The van der Waals surface area contributed by atoms with Crippen molar-refractivity contribution >= 4 is 17.8 Å². The summed E-state index contributed by atoms with van der Waals surface area (Å²) >= 11 is 0. The van der Waals surface area contributed by atoms with Crippen LogP contribution in [-0.2, 0) is 0 Å². The monoisotopic (exact) mass is 276 g/mol. The van der Waals surface area contributed by atoms with E-state index in [0.717, 1.165) is 0 Å². The highest BCUT2D eigenvalue weighted by Gasteiger charge is 2.22. The Kier molecular flexibility index (Phi) is 3.69. The molecule has 0 radical (unpaired) electrons. The summed E-state index contributed by atoms with van der Waals surface area (Å²) in [5.41, 5.74) is 0.459. The predicted molar refractivity (Wildman–Crippen MR) is 71.5 cm³/mol. The maximum atomic E-state index is 10.9. The van der Waals surface area contributed by atoms with Crippen LogP contribution in [-0.4, -0.2) is 22.3 Å². The van der Waals surface area contributed by atoms with Crippen LogP contribution in [0.25, 0.3) is 12.2 Å². The fourth-order valence-electron chi connectivity index (χ4n) is 1.72. The van der Waals surface area contributed by atoms with E-state index >= 15 is 0 Å². The second kappa shape index (κ2) is 5.43. The first-order chi connectivity index (χ1) is 9.54. The highest BCUT2D eigenvalue weighted by molar-refractivity contribution is 5.75. The normalized spacial score (nSPS) is 10.9. The van der Waals surface area contributed by atoms with E-state index in [1.165, 1.54) is 26.2 Å². The van der Waals surface area contributed by atoms with Gasteiger partial charge in [-0.3, -0.25) is 10.1 Å². The zero-order valence-corrected chi connectivity index (χ0v) is 10.9. The number of para-hydroxylation sites is 1. The largest absolute Gasteiger partial charge is 0.504 e. The van der Waals surface area contributed by atoms with Crippen molar-refractivity contribution in [2.24, 2.45) is 0 Å². The molecule has 20 heavy (non-hydrogen) atoms. The van der Waals surface area contributed by atoms with E-state index in [9.17, 15) is 15.2 Å². The van der Waals surface area contributed by atoms with Gasteiger partial charge in [-0.05, 0) is 25.1 Å². The van der Waals surface area contributed by atoms with Crippen molar-refractivity contribution in [2.45, 2.75) is 6.92 Å². The molecule has 0 aliphatic rings. The molecule has 1 N–H and O–H groups in total. The van der Waals surface area contributed by atoms with Gasteiger partial charge in [0.15, 0.2) is 17.2 Å². The van der Waals surface area contributed by atoms with Gasteiger partial charge in [-0.15, -0.1) is 0 Å². The third-order valence-corrected chi connectivity index (χ3v) is 2.70. The Labute approximate surface area is 114 Å². The first-order valence-corrected chi connectivity index (χ1v) is 5.69. The molecule has 0 saturated carbocycles. The molecule has 2 aromatic rings. The molecule has 0 bridgehead atoms. The second-order valence-corrected chi connectivity index (χ2v) is 3.97. The van der Waals surface area contributed by atoms with Crippen LogP contribution in [0.1, 0.15) is 17.0 Å². The van der Waals surface area contributed by atoms with Crippen LogP contribution in [0.2, 0.25) is 0 Å². The van der Waals surface area contributed by atoms with Gasteiger partial charge in [0.2, 0.25) is 5.76 Å². The van der Waals surface area contributed by atoms with E-state index < -0.39 is 4.92 Å². The summed E-state index contributed by atoms with van der Waals surface area (Å²) in [7, 11) is 1.44. The lowest BCUT2D eigenvalue weighted by Crippen LogP contribution is -1.90. The minimum absolute atomic E-state index is 0.0229. The summed E-state index contributed by atoms with van der Waals surface area (Å²) in [4.78, 5) is 10.3. The first-order valence-electron chi connectivity index (χ1n) is 5.69. The maximum Gasteiger partial charge on any atom is 0.338 e. The molecule has 0 amide bonds. The summed E-state index contributed by atoms with van der Waals surface area (Å²) in [5, 5.41) is 24.3. The topological polar surface area (TPSA) is 98.6 Å². The summed E-state index contributed by atoms with van der Waals surface area (Å²) < 4.78 is 9.86. The number of aromatic hydroxyl groups is 1. The third-order valence-electron chi connectivity index (χ3n) is 2.70. The number of nitro groups is 1. The number of hydrogen-bond acceptors (Lipinski definition) is 6. The van der Waals surface area contributed by atoms with Crippen molar-refractivity contribution in [3.05, 3.63) is 45.3 Å². The van der Waals surface area contributed by atoms with Crippen molar-refractivity contribution in [1.29, 1.82) is 0 Å². The average molecular weight is 276 g/mol. The van der Waals surface area contributed by atoms with Gasteiger partial charge in [-0.1, -0.05) is 17.3 Å². The Morgan fingerprint density at radius 1 is 1.45 bits per heavy atom. The van der Waals surface area contributed by atoms with Crippen molar-refractivity contribution in [2.75, 3.05) is 7.11 Å². The van der Waals surface area contributed by atoms with E-state index in [4.69, 9.17) is 9.26 Å². The van der Waals surface area contributed by atoms with Crippen LogP contribution in [0.5, 0.6) is 11.5 Å². The number of phenolic OH excluding ortho intramolecular Hbond substituents is 1. The SMILES string of the molecule is COc1cccc(C=Cc2onc(C)c2[N+](=O)[O-])c1O. The van der Waals surface area contributed by atoms with Gasteiger partial charge in [0.1, 0.15) is 0 Å². The van der Waals surface area contributed by atoms with Crippen LogP contribution in [0.15, 0.2) is 22.7 Å². The number of hydrogen-bond donors (Lipinski definition) is 1. The number of benzene rings is 1. The Morgan fingerprint density at radius 3 is 2.85 bits per heavy atom. The van der Waals surface area contributed by atoms with Crippen molar-refractivity contribution in [1.82, 2.24) is 5.16 Å². The molecular formula is C13H12N2O5. The molecule has 0 fully saturated rings. The number of aromatic nitrogens is 1. The van der Waals surface area contributed by atoms with Gasteiger partial charge in [0.25, 0.3) is 0 Å². The van der Waals surface area contributed by atoms with Crippen molar-refractivity contribution in [3.63, 3.8) is 0 Å². The smallest absolute Gasteiger partial charge is 0.338 e. The van der Waals surface area contributed by atoms with Crippen molar-refractivity contribution < 1.29 is 19.3 Å². The molecule has 1 aromatic carbocycles. The molecule has 1 aromatic heterocycles. The third kappa shape index (κ3) is 2.46. The average Bonchev–Trinajstić information content (AvgIpc) is 2.79. The molecule has 0 unspecified atom stereocenters. The van der Waals surface area contributed by atoms with E-state index in [1.54, 1.807) is 18.2 Å². The Hall–Kier alpha value is -2.83. The van der Waals surface area contributed by atoms with E-state index in [1.807, 2.05) is 0 Å². The fraction of sp³-hybridized carbons (Fsp3) is 0.154. The molecule has 7 nitrogen and oxygen atoms in total. The quantitative estimate of drug-likeness (QED) is 0.681. The van der Waals surface area contributed by atoms with E-state index in [-0.39, 0.29) is 22.9 Å². The van der Waals surface area contributed by atoms with Gasteiger partial charge in [0, 0.05) is 5.56 Å². The summed E-state index contributed by atoms with van der Waals surface area (Å²) in [6, 6.07) is 4.94. The Balaban J connectivity index is 2.38. The lowest BCUT2D eigenvalue weighted by atomic mass is 10.1. The molecular weight excluding hydrogens is 264 g/mol. The number of nitrogens with zero attached hydrogens (tertiary/aromatic N) is 2. The molecule has 104 valence electrons. The maximum absolute atomic E-state index is 10.9. The van der Waals surface area contributed by atoms with E-state index in [0.29, 0.717) is 11.3 Å². The highest BCUT2D eigenvalue weighted by Crippen LogP contribution is 2.31. The molecule has 0 atom stereocenters. The van der Waals surface area contributed by atoms with Gasteiger partial charge in [-0.2, -0.15) is 0 Å². The summed E-state index contributed by atoms with van der Waals surface area (Å²) in [6.07, 6.45) is 2.87. The van der Waals surface area contributed by atoms with Crippen LogP contribution in [0, 0.1) is 17.0 Å². The first kappa shape index (κ1) is 13.6. The lowest BCUT2D eigenvalue weighted by Gasteiger charge is -2.04. The standard InChI is InChI=1S/C13H12N2O5/c1-8-12(15(17)18)10(20-14-8)7-6-9-4-3-5-11(19-2)13(9)16/h3-7,16H,1-2H3. The Bertz CT molecular complexity index is 675. The highest BCUT2D eigenvalue weighted by atomic mass is 16.6. The van der Waals surface area contributed by atoms with Gasteiger partial charge >= 0.3 is 5.69 Å². The number of ether oxygens (including phenoxy) is 1. The number of methoxy groups -OCH3 is 1. The number of phenols is 1. The Morgan fingerprint density at radius 2 is 2.20 bits per heavy atom. The fourth-order valence-corrected chi connectivity index (χ4v) is 1.72. The number of rotatable bonds is 4. The predicted octanol–water partition coefficient (Wildman–Crippen LogP) is 2.78. The molecule has 1 heterocycles.